The van der Waals surface area contributed by atoms with Gasteiger partial charge in [0.2, 0.25) is 10.0 Å². The smallest absolute Gasteiger partial charge is 0.216 e. The van der Waals surface area contributed by atoms with Crippen LogP contribution in [-0.2, 0) is 22.4 Å². The molecule has 0 radical (unpaired) electrons. The van der Waals surface area contributed by atoms with Crippen LogP contribution in [0.2, 0.25) is 0 Å². The van der Waals surface area contributed by atoms with E-state index < -0.39 is 10.0 Å². The Bertz CT molecular complexity index is 497. The maximum absolute atomic E-state index is 12.1. The molecule has 0 aliphatic heterocycles. The molecule has 19 heavy (non-hydrogen) atoms. The van der Waals surface area contributed by atoms with Crippen molar-refractivity contribution in [1.29, 1.82) is 0 Å². The highest BCUT2D eigenvalue weighted by molar-refractivity contribution is 7.88. The lowest BCUT2D eigenvalue weighted by Crippen LogP contribution is -2.38. The van der Waals surface area contributed by atoms with Gasteiger partial charge in [0.15, 0.2) is 0 Å². The monoisotopic (exact) mass is 285 g/mol. The molecule has 0 aliphatic rings. The molecule has 0 spiro atoms. The maximum Gasteiger partial charge on any atom is 0.216 e. The Labute approximate surface area is 115 Å². The van der Waals surface area contributed by atoms with Gasteiger partial charge in [0.1, 0.15) is 0 Å². The predicted molar refractivity (Wildman–Crippen MR) is 77.0 cm³/mol. The molecule has 0 fully saturated rings. The molecule has 0 saturated carbocycles. The second kappa shape index (κ2) is 7.03. The van der Waals surface area contributed by atoms with Gasteiger partial charge in [0.05, 0.1) is 12.4 Å². The predicted octanol–water partition coefficient (Wildman–Crippen LogP) is 2.03. The fraction of sp³-hybridized carbons (Fsp3) is 0.571. The van der Waals surface area contributed by atoms with E-state index in [4.69, 9.17) is 5.11 Å². The van der Waals surface area contributed by atoms with Crippen LogP contribution < -0.4 is 4.72 Å². The van der Waals surface area contributed by atoms with Crippen molar-refractivity contribution in [2.75, 3.05) is 0 Å². The van der Waals surface area contributed by atoms with Gasteiger partial charge in [0.25, 0.3) is 0 Å². The minimum Gasteiger partial charge on any atom is -0.392 e. The van der Waals surface area contributed by atoms with Crippen molar-refractivity contribution in [1.82, 2.24) is 4.72 Å². The van der Waals surface area contributed by atoms with Gasteiger partial charge in [-0.25, -0.2) is 13.1 Å². The first-order valence-corrected chi connectivity index (χ1v) is 8.22. The zero-order valence-electron chi connectivity index (χ0n) is 11.8. The van der Waals surface area contributed by atoms with E-state index in [1.54, 1.807) is 24.3 Å². The first kappa shape index (κ1) is 16.1. The van der Waals surface area contributed by atoms with Gasteiger partial charge >= 0.3 is 0 Å². The van der Waals surface area contributed by atoms with Crippen molar-refractivity contribution in [2.24, 2.45) is 5.92 Å². The summed E-state index contributed by atoms with van der Waals surface area (Å²) in [6.45, 7) is 5.90. The van der Waals surface area contributed by atoms with E-state index in [2.05, 4.69) is 4.72 Å². The van der Waals surface area contributed by atoms with E-state index in [1.807, 2.05) is 20.8 Å². The van der Waals surface area contributed by atoms with Gasteiger partial charge in [-0.3, -0.25) is 0 Å². The highest BCUT2D eigenvalue weighted by Crippen LogP contribution is 2.12. The van der Waals surface area contributed by atoms with Gasteiger partial charge < -0.3 is 5.11 Å². The summed E-state index contributed by atoms with van der Waals surface area (Å²) in [4.78, 5) is 0. The molecule has 1 unspecified atom stereocenters. The Morgan fingerprint density at radius 1 is 1.26 bits per heavy atom. The summed E-state index contributed by atoms with van der Waals surface area (Å²) in [5.41, 5.74) is 1.42. The summed E-state index contributed by atoms with van der Waals surface area (Å²) in [6.07, 6.45) is 0.771. The van der Waals surface area contributed by atoms with Crippen LogP contribution in [0.25, 0.3) is 0 Å². The molecular formula is C14H23NO3S. The average molecular weight is 285 g/mol. The Balaban J connectivity index is 2.78. The van der Waals surface area contributed by atoms with Crippen LogP contribution in [0.1, 0.15) is 38.3 Å². The summed E-state index contributed by atoms with van der Waals surface area (Å²) >= 11 is 0. The van der Waals surface area contributed by atoms with Crippen LogP contribution in [0.5, 0.6) is 0 Å². The summed E-state index contributed by atoms with van der Waals surface area (Å²) in [5, 5.41) is 9.05. The fourth-order valence-corrected chi connectivity index (χ4v) is 3.60. The molecule has 108 valence electrons. The minimum absolute atomic E-state index is 0.0361. The van der Waals surface area contributed by atoms with Gasteiger partial charge in [-0.1, -0.05) is 45.0 Å². The molecule has 1 aromatic rings. The van der Waals surface area contributed by atoms with Crippen molar-refractivity contribution >= 4 is 10.0 Å². The van der Waals surface area contributed by atoms with Crippen molar-refractivity contribution < 1.29 is 13.5 Å². The first-order chi connectivity index (χ1) is 8.88. The summed E-state index contributed by atoms with van der Waals surface area (Å²) in [6, 6.07) is 6.97. The molecule has 2 N–H and O–H groups in total. The number of hydrogen-bond donors (Lipinski definition) is 2. The largest absolute Gasteiger partial charge is 0.392 e. The molecule has 1 aromatic carbocycles. The van der Waals surface area contributed by atoms with Crippen LogP contribution in [0.3, 0.4) is 0 Å². The third kappa shape index (κ3) is 5.30. The highest BCUT2D eigenvalue weighted by Gasteiger charge is 2.19. The zero-order chi connectivity index (χ0) is 14.5. The number of aliphatic hydroxyl groups is 1. The molecule has 4 nitrogen and oxygen atoms in total. The first-order valence-electron chi connectivity index (χ1n) is 6.56. The van der Waals surface area contributed by atoms with Gasteiger partial charge in [0, 0.05) is 6.04 Å². The van der Waals surface area contributed by atoms with Crippen molar-refractivity contribution in [3.05, 3.63) is 35.4 Å². The van der Waals surface area contributed by atoms with E-state index in [0.717, 1.165) is 12.0 Å². The van der Waals surface area contributed by atoms with Crippen LogP contribution in [0.15, 0.2) is 24.3 Å². The summed E-state index contributed by atoms with van der Waals surface area (Å²) < 4.78 is 26.9. The molecule has 0 heterocycles. The standard InChI is InChI=1S/C14H23NO3S/c1-4-14(11(2)3)15-19(17,18)10-13-7-5-6-12(8-13)9-16/h5-8,11,14-16H,4,9-10H2,1-3H3. The number of sulfonamides is 1. The van der Waals surface area contributed by atoms with E-state index in [0.29, 0.717) is 5.56 Å². The van der Waals surface area contributed by atoms with Crippen LogP contribution >= 0.6 is 0 Å². The molecule has 0 aromatic heterocycles. The SMILES string of the molecule is CCC(NS(=O)(=O)Cc1cccc(CO)c1)C(C)C. The molecule has 1 rings (SSSR count). The molecular weight excluding hydrogens is 262 g/mol. The second-order valence-electron chi connectivity index (χ2n) is 5.11. The fourth-order valence-electron chi connectivity index (χ4n) is 2.00. The van der Waals surface area contributed by atoms with E-state index in [1.165, 1.54) is 0 Å². The number of rotatable bonds is 7. The molecule has 0 aliphatic carbocycles. The van der Waals surface area contributed by atoms with E-state index in [9.17, 15) is 8.42 Å². The molecule has 0 bridgehead atoms. The minimum atomic E-state index is -3.35. The molecule has 1 atom stereocenters. The van der Waals surface area contributed by atoms with Gasteiger partial charge in [-0.05, 0) is 23.5 Å². The number of aliphatic hydroxyl groups excluding tert-OH is 1. The van der Waals surface area contributed by atoms with Crippen molar-refractivity contribution in [2.45, 2.75) is 45.6 Å². The highest BCUT2D eigenvalue weighted by atomic mass is 32.2. The van der Waals surface area contributed by atoms with E-state index >= 15 is 0 Å². The number of benzene rings is 1. The Morgan fingerprint density at radius 2 is 1.89 bits per heavy atom. The lowest BCUT2D eigenvalue weighted by atomic mass is 10.0. The van der Waals surface area contributed by atoms with Crippen LogP contribution in [0, 0.1) is 5.92 Å². The maximum atomic E-state index is 12.1. The quantitative estimate of drug-likeness (QED) is 0.805. The third-order valence-corrected chi connectivity index (χ3v) is 4.48. The zero-order valence-corrected chi connectivity index (χ0v) is 12.6. The molecule has 5 heteroatoms. The lowest BCUT2D eigenvalue weighted by molar-refractivity contribution is 0.282. The normalized spacial score (nSPS) is 13.7. The average Bonchev–Trinajstić information content (AvgIpc) is 2.35. The van der Waals surface area contributed by atoms with Gasteiger partial charge in [-0.15, -0.1) is 0 Å². The number of nitrogens with one attached hydrogen (secondary N) is 1. The van der Waals surface area contributed by atoms with E-state index in [-0.39, 0.29) is 24.3 Å². The summed E-state index contributed by atoms with van der Waals surface area (Å²) in [5.74, 6) is 0.216. The number of hydrogen-bond acceptors (Lipinski definition) is 3. The Kier molecular flexibility index (Phi) is 5.97. The molecule has 0 amide bonds. The second-order valence-corrected chi connectivity index (χ2v) is 6.87. The van der Waals surface area contributed by atoms with Crippen molar-refractivity contribution in [3.63, 3.8) is 0 Å². The topological polar surface area (TPSA) is 66.4 Å². The summed E-state index contributed by atoms with van der Waals surface area (Å²) in [7, 11) is -3.35. The van der Waals surface area contributed by atoms with Crippen LogP contribution in [-0.4, -0.2) is 19.6 Å². The van der Waals surface area contributed by atoms with Gasteiger partial charge in [-0.2, -0.15) is 0 Å². The van der Waals surface area contributed by atoms with Crippen molar-refractivity contribution in [3.8, 4) is 0 Å². The Hall–Kier alpha value is -0.910. The Morgan fingerprint density at radius 3 is 2.42 bits per heavy atom. The van der Waals surface area contributed by atoms with Crippen LogP contribution in [0.4, 0.5) is 0 Å². The molecule has 0 saturated heterocycles. The lowest BCUT2D eigenvalue weighted by Gasteiger charge is -2.20. The third-order valence-electron chi connectivity index (χ3n) is 3.11.